The minimum atomic E-state index is -0.545. The Hall–Kier alpha value is -4.69. The second-order valence-electron chi connectivity index (χ2n) is 7.68. The highest BCUT2D eigenvalue weighted by atomic mass is 35.5. The van der Waals surface area contributed by atoms with E-state index in [9.17, 15) is 9.59 Å². The topological polar surface area (TPSA) is 109 Å². The van der Waals surface area contributed by atoms with E-state index < -0.39 is 5.91 Å². The summed E-state index contributed by atoms with van der Waals surface area (Å²) in [5.74, 6) is -0.376. The Morgan fingerprint density at radius 2 is 1.72 bits per heavy atom. The number of ether oxygens (including phenoxy) is 1. The van der Waals surface area contributed by atoms with Crippen molar-refractivity contribution in [3.63, 3.8) is 0 Å². The number of carbonyl (C=O) groups is 2. The zero-order chi connectivity index (χ0) is 25.5. The molecule has 3 aromatic carbocycles. The fraction of sp³-hybridized carbons (Fsp3) is 0.0370. The number of aromatic nitrogens is 2. The van der Waals surface area contributed by atoms with Crippen molar-refractivity contribution in [3.05, 3.63) is 102 Å². The predicted molar refractivity (Wildman–Crippen MR) is 141 cm³/mol. The lowest BCUT2D eigenvalue weighted by Gasteiger charge is -2.15. The molecule has 0 bridgehead atoms. The van der Waals surface area contributed by atoms with Gasteiger partial charge in [-0.25, -0.2) is 4.98 Å². The maximum absolute atomic E-state index is 13.2. The van der Waals surface area contributed by atoms with E-state index in [1.54, 1.807) is 48.8 Å². The van der Waals surface area contributed by atoms with Gasteiger partial charge in [-0.15, -0.1) is 0 Å². The average molecular weight is 500 g/mol. The van der Waals surface area contributed by atoms with Crippen LogP contribution in [0, 0.1) is 5.41 Å². The van der Waals surface area contributed by atoms with Crippen LogP contribution in [0.4, 0.5) is 11.4 Å². The number of nitrogens with one attached hydrogen (secondary N) is 3. The molecule has 8 nitrogen and oxygen atoms in total. The summed E-state index contributed by atoms with van der Waals surface area (Å²) in [6.45, 7) is 1.46. The molecule has 2 amide bonds. The molecule has 4 rings (SSSR count). The minimum Gasteiger partial charge on any atom is -0.449 e. The van der Waals surface area contributed by atoms with Crippen molar-refractivity contribution in [2.24, 2.45) is 0 Å². The molecule has 1 heterocycles. The molecule has 0 atom stereocenters. The number of carbonyl (C=O) groups excluding carboxylic acids is 2. The summed E-state index contributed by atoms with van der Waals surface area (Å²) in [6.07, 6.45) is 5.66. The van der Waals surface area contributed by atoms with Crippen LogP contribution in [0.1, 0.15) is 6.92 Å². The van der Waals surface area contributed by atoms with Crippen molar-refractivity contribution in [2.75, 3.05) is 10.6 Å². The number of halogens is 1. The van der Waals surface area contributed by atoms with Gasteiger partial charge in [0, 0.05) is 41.9 Å². The Labute approximate surface area is 212 Å². The van der Waals surface area contributed by atoms with Crippen molar-refractivity contribution in [3.8, 4) is 16.9 Å². The summed E-state index contributed by atoms with van der Waals surface area (Å²) in [6, 6.07) is 21.3. The predicted octanol–water partition coefficient (Wildman–Crippen LogP) is 5.70. The average Bonchev–Trinajstić information content (AvgIpc) is 3.40. The van der Waals surface area contributed by atoms with Crippen LogP contribution in [-0.2, 0) is 9.59 Å². The molecule has 0 fully saturated rings. The number of imidazole rings is 1. The van der Waals surface area contributed by atoms with Gasteiger partial charge in [-0.2, -0.15) is 0 Å². The van der Waals surface area contributed by atoms with Crippen molar-refractivity contribution >= 4 is 46.7 Å². The molecule has 0 unspecified atom stereocenters. The summed E-state index contributed by atoms with van der Waals surface area (Å²) in [5.41, 5.74) is 3.22. The smallest absolute Gasteiger partial charge is 0.293 e. The number of anilines is 2. The van der Waals surface area contributed by atoms with Gasteiger partial charge in [0.25, 0.3) is 5.91 Å². The van der Waals surface area contributed by atoms with E-state index in [1.165, 1.54) is 17.8 Å². The number of hydrogen-bond donors (Lipinski definition) is 3. The minimum absolute atomic E-state index is 0.0849. The summed E-state index contributed by atoms with van der Waals surface area (Å²) < 4.78 is 7.52. The first-order valence-electron chi connectivity index (χ1n) is 10.9. The zero-order valence-corrected chi connectivity index (χ0v) is 20.0. The molecule has 0 aliphatic heterocycles. The molecular formula is C27H22ClN5O3. The van der Waals surface area contributed by atoms with Crippen LogP contribution in [-0.4, -0.2) is 27.6 Å². The Bertz CT molecular complexity index is 1410. The molecule has 0 saturated carbocycles. The second-order valence-corrected chi connectivity index (χ2v) is 8.11. The third-order valence-corrected chi connectivity index (χ3v) is 5.30. The number of hydrogen-bond acceptors (Lipinski definition) is 5. The normalized spacial score (nSPS) is 11.3. The van der Waals surface area contributed by atoms with Gasteiger partial charge in [-0.3, -0.25) is 9.59 Å². The first-order valence-corrected chi connectivity index (χ1v) is 11.3. The number of rotatable bonds is 8. The van der Waals surface area contributed by atoms with Crippen molar-refractivity contribution < 1.29 is 14.3 Å². The van der Waals surface area contributed by atoms with Gasteiger partial charge in [-0.05, 0) is 59.7 Å². The van der Waals surface area contributed by atoms with E-state index in [4.69, 9.17) is 21.7 Å². The summed E-state index contributed by atoms with van der Waals surface area (Å²) in [5, 5.41) is 14.0. The van der Waals surface area contributed by atoms with E-state index in [0.717, 1.165) is 17.3 Å². The van der Waals surface area contributed by atoms with Crippen LogP contribution >= 0.6 is 11.6 Å². The van der Waals surface area contributed by atoms with Gasteiger partial charge in [-0.1, -0.05) is 35.9 Å². The summed E-state index contributed by atoms with van der Waals surface area (Å²) in [4.78, 5) is 28.6. The fourth-order valence-electron chi connectivity index (χ4n) is 3.41. The second kappa shape index (κ2) is 11.2. The van der Waals surface area contributed by atoms with Crippen molar-refractivity contribution in [1.82, 2.24) is 9.55 Å². The Balaban J connectivity index is 1.62. The molecule has 0 radical (unpaired) electrons. The zero-order valence-electron chi connectivity index (χ0n) is 19.2. The van der Waals surface area contributed by atoms with Crippen LogP contribution in [0.25, 0.3) is 16.8 Å². The summed E-state index contributed by atoms with van der Waals surface area (Å²) in [7, 11) is 0. The third-order valence-electron chi connectivity index (χ3n) is 5.05. The SMILES string of the molecule is CC(=O)Nc1cccc(-c2ccc(O/C(C(=O)Nc3ccc(Cl)cc3)=C(/C=N)n3ccnc3)cc2)c1. The Morgan fingerprint density at radius 3 is 2.36 bits per heavy atom. The number of benzene rings is 3. The highest BCUT2D eigenvalue weighted by Crippen LogP contribution is 2.27. The van der Waals surface area contributed by atoms with E-state index in [2.05, 4.69) is 15.6 Å². The van der Waals surface area contributed by atoms with Gasteiger partial charge in [0.05, 0.1) is 6.33 Å². The monoisotopic (exact) mass is 499 g/mol. The van der Waals surface area contributed by atoms with E-state index in [1.807, 2.05) is 36.4 Å². The molecule has 0 aliphatic carbocycles. The lowest BCUT2D eigenvalue weighted by molar-refractivity contribution is -0.115. The van der Waals surface area contributed by atoms with Crippen LogP contribution in [0.2, 0.25) is 5.02 Å². The van der Waals surface area contributed by atoms with Crippen molar-refractivity contribution in [2.45, 2.75) is 6.92 Å². The van der Waals surface area contributed by atoms with Gasteiger partial charge >= 0.3 is 0 Å². The molecule has 9 heteroatoms. The van der Waals surface area contributed by atoms with E-state index >= 15 is 0 Å². The molecule has 1 aromatic heterocycles. The number of nitrogens with zero attached hydrogens (tertiary/aromatic N) is 2. The van der Waals surface area contributed by atoms with Crippen LogP contribution < -0.4 is 15.4 Å². The van der Waals surface area contributed by atoms with Crippen LogP contribution in [0.3, 0.4) is 0 Å². The van der Waals surface area contributed by atoms with Crippen LogP contribution in [0.15, 0.2) is 97.3 Å². The molecule has 0 spiro atoms. The molecule has 36 heavy (non-hydrogen) atoms. The maximum atomic E-state index is 13.2. The van der Waals surface area contributed by atoms with Gasteiger partial charge in [0.15, 0.2) is 0 Å². The van der Waals surface area contributed by atoms with E-state index in [-0.39, 0.29) is 17.4 Å². The molecular weight excluding hydrogens is 478 g/mol. The van der Waals surface area contributed by atoms with Gasteiger partial charge in [0.2, 0.25) is 11.7 Å². The largest absolute Gasteiger partial charge is 0.449 e. The highest BCUT2D eigenvalue weighted by Gasteiger charge is 2.19. The Morgan fingerprint density at radius 1 is 0.972 bits per heavy atom. The number of amides is 2. The molecule has 0 saturated heterocycles. The van der Waals surface area contributed by atoms with Crippen molar-refractivity contribution in [1.29, 1.82) is 5.41 Å². The lowest BCUT2D eigenvalue weighted by Crippen LogP contribution is -2.21. The first-order chi connectivity index (χ1) is 17.4. The first kappa shape index (κ1) is 24.4. The molecule has 0 aliphatic rings. The molecule has 3 N–H and O–H groups in total. The van der Waals surface area contributed by atoms with Crippen LogP contribution in [0.5, 0.6) is 5.75 Å². The standard InChI is InChI=1S/C27H22ClN5O3/c1-18(34)31-23-4-2-3-20(15-23)19-5-11-24(12-6-19)36-26(25(16-29)33-14-13-30-17-33)27(35)32-22-9-7-21(28)8-10-22/h2-17,29H,1H3,(H,31,34)(H,32,35)/b26-25-,29-16?. The Kier molecular flexibility index (Phi) is 7.57. The molecule has 180 valence electrons. The fourth-order valence-corrected chi connectivity index (χ4v) is 3.53. The third kappa shape index (κ3) is 6.05. The summed E-state index contributed by atoms with van der Waals surface area (Å²) >= 11 is 5.94. The van der Waals surface area contributed by atoms with E-state index in [0.29, 0.717) is 22.1 Å². The maximum Gasteiger partial charge on any atom is 0.293 e. The van der Waals surface area contributed by atoms with Gasteiger partial charge < -0.3 is 25.3 Å². The molecule has 4 aromatic rings. The highest BCUT2D eigenvalue weighted by molar-refractivity contribution is 6.30. The van der Waals surface area contributed by atoms with Gasteiger partial charge in [0.1, 0.15) is 11.4 Å². The number of allylic oxidation sites excluding steroid dienone is 1. The quantitative estimate of drug-likeness (QED) is 0.164. The lowest BCUT2D eigenvalue weighted by atomic mass is 10.0.